The number of hydrogen-bond donors (Lipinski definition) is 1. The Balaban J connectivity index is 2.72. The van der Waals surface area contributed by atoms with Gasteiger partial charge in [-0.05, 0) is 37.4 Å². The van der Waals surface area contributed by atoms with Gasteiger partial charge in [0.15, 0.2) is 0 Å². The molecule has 1 atom stereocenters. The summed E-state index contributed by atoms with van der Waals surface area (Å²) in [6, 6.07) is 9.16. The summed E-state index contributed by atoms with van der Waals surface area (Å²) in [5.41, 5.74) is 2.70. The minimum Gasteiger partial charge on any atom is -0.377 e. The van der Waals surface area contributed by atoms with Gasteiger partial charge < -0.3 is 10.1 Å². The average Bonchev–Trinajstić information content (AvgIpc) is 2.34. The van der Waals surface area contributed by atoms with Crippen LogP contribution in [0.25, 0.3) is 0 Å². The summed E-state index contributed by atoms with van der Waals surface area (Å²) in [5, 5.41) is 3.48. The molecular weight excluding hydrogens is 222 g/mol. The quantitative estimate of drug-likeness (QED) is 0.791. The standard InChI is InChI=1S/C16H27NO/c1-6-17-16(11-18-13(4)5)15-9-7-14(8-10-15)12(2)3/h7-10,12-13,16-17H,6,11H2,1-5H3. The molecule has 1 unspecified atom stereocenters. The zero-order valence-electron chi connectivity index (χ0n) is 12.4. The normalized spacial score (nSPS) is 13.3. The number of likely N-dealkylation sites (N-methyl/N-ethyl adjacent to an activating group) is 1. The highest BCUT2D eigenvalue weighted by Crippen LogP contribution is 2.19. The first kappa shape index (κ1) is 15.2. The van der Waals surface area contributed by atoms with Crippen molar-refractivity contribution < 1.29 is 4.74 Å². The van der Waals surface area contributed by atoms with Gasteiger partial charge in [0.25, 0.3) is 0 Å². The number of rotatable bonds is 7. The third-order valence-corrected chi connectivity index (χ3v) is 3.05. The maximum atomic E-state index is 5.73. The lowest BCUT2D eigenvalue weighted by atomic mass is 9.99. The van der Waals surface area contributed by atoms with Gasteiger partial charge in [0, 0.05) is 0 Å². The number of hydrogen-bond acceptors (Lipinski definition) is 2. The molecule has 1 aromatic rings. The Kier molecular flexibility index (Phi) is 6.37. The third-order valence-electron chi connectivity index (χ3n) is 3.05. The fraction of sp³-hybridized carbons (Fsp3) is 0.625. The Morgan fingerprint density at radius 1 is 1.00 bits per heavy atom. The molecule has 2 heteroatoms. The lowest BCUT2D eigenvalue weighted by molar-refractivity contribution is 0.0614. The van der Waals surface area contributed by atoms with Gasteiger partial charge >= 0.3 is 0 Å². The summed E-state index contributed by atoms with van der Waals surface area (Å²) in [5.74, 6) is 0.587. The van der Waals surface area contributed by atoms with Gasteiger partial charge in [0.05, 0.1) is 18.8 Å². The van der Waals surface area contributed by atoms with Gasteiger partial charge in [-0.15, -0.1) is 0 Å². The Morgan fingerprint density at radius 2 is 1.56 bits per heavy atom. The molecule has 1 rings (SSSR count). The van der Waals surface area contributed by atoms with E-state index in [-0.39, 0.29) is 6.10 Å². The zero-order chi connectivity index (χ0) is 13.5. The molecule has 0 saturated carbocycles. The molecule has 0 aliphatic heterocycles. The van der Waals surface area contributed by atoms with Crippen LogP contribution in [0, 0.1) is 0 Å². The predicted octanol–water partition coefficient (Wildman–Crippen LogP) is 3.89. The van der Waals surface area contributed by atoms with Gasteiger partial charge in [-0.25, -0.2) is 0 Å². The number of ether oxygens (including phenoxy) is 1. The molecule has 1 aromatic carbocycles. The molecule has 102 valence electrons. The molecule has 0 heterocycles. The van der Waals surface area contributed by atoms with E-state index in [9.17, 15) is 0 Å². The second-order valence-electron chi connectivity index (χ2n) is 5.31. The number of benzene rings is 1. The lowest BCUT2D eigenvalue weighted by Crippen LogP contribution is -2.26. The maximum absolute atomic E-state index is 5.73. The van der Waals surface area contributed by atoms with E-state index in [1.807, 2.05) is 0 Å². The molecular formula is C16H27NO. The van der Waals surface area contributed by atoms with E-state index < -0.39 is 0 Å². The van der Waals surface area contributed by atoms with E-state index in [1.165, 1.54) is 11.1 Å². The van der Waals surface area contributed by atoms with E-state index in [1.54, 1.807) is 0 Å². The monoisotopic (exact) mass is 249 g/mol. The Bertz CT molecular complexity index is 329. The molecule has 0 aliphatic rings. The van der Waals surface area contributed by atoms with Crippen LogP contribution >= 0.6 is 0 Å². The largest absolute Gasteiger partial charge is 0.377 e. The second kappa shape index (κ2) is 7.55. The summed E-state index contributed by atoms with van der Waals surface area (Å²) in [6.45, 7) is 12.4. The van der Waals surface area contributed by atoms with Crippen molar-refractivity contribution in [2.75, 3.05) is 13.2 Å². The average molecular weight is 249 g/mol. The van der Waals surface area contributed by atoms with Crippen LogP contribution in [0.3, 0.4) is 0 Å². The molecule has 1 N–H and O–H groups in total. The summed E-state index contributed by atoms with van der Waals surface area (Å²) in [4.78, 5) is 0. The van der Waals surface area contributed by atoms with Crippen molar-refractivity contribution in [1.82, 2.24) is 5.32 Å². The molecule has 0 fully saturated rings. The molecule has 0 spiro atoms. The lowest BCUT2D eigenvalue weighted by Gasteiger charge is -2.20. The zero-order valence-corrected chi connectivity index (χ0v) is 12.4. The topological polar surface area (TPSA) is 21.3 Å². The van der Waals surface area contributed by atoms with Crippen LogP contribution in [0.15, 0.2) is 24.3 Å². The summed E-state index contributed by atoms with van der Waals surface area (Å²) in [6.07, 6.45) is 0.279. The first-order chi connectivity index (χ1) is 8.54. The van der Waals surface area contributed by atoms with Crippen molar-refractivity contribution in [3.63, 3.8) is 0 Å². The summed E-state index contributed by atoms with van der Waals surface area (Å²) >= 11 is 0. The second-order valence-corrected chi connectivity index (χ2v) is 5.31. The van der Waals surface area contributed by atoms with Crippen LogP contribution in [0.2, 0.25) is 0 Å². The van der Waals surface area contributed by atoms with Crippen molar-refractivity contribution in [3.05, 3.63) is 35.4 Å². The minimum atomic E-state index is 0.279. The molecule has 0 saturated heterocycles. The van der Waals surface area contributed by atoms with Crippen LogP contribution in [-0.2, 0) is 4.74 Å². The van der Waals surface area contributed by atoms with E-state index >= 15 is 0 Å². The van der Waals surface area contributed by atoms with Gasteiger partial charge in [-0.3, -0.25) is 0 Å². The van der Waals surface area contributed by atoms with Gasteiger partial charge in [0.2, 0.25) is 0 Å². The van der Waals surface area contributed by atoms with E-state index in [2.05, 4.69) is 64.2 Å². The highest BCUT2D eigenvalue weighted by molar-refractivity contribution is 5.27. The van der Waals surface area contributed by atoms with Crippen LogP contribution in [0.5, 0.6) is 0 Å². The Labute approximate surface area is 112 Å². The minimum absolute atomic E-state index is 0.279. The molecule has 0 aliphatic carbocycles. The molecule has 0 aromatic heterocycles. The molecule has 0 bridgehead atoms. The van der Waals surface area contributed by atoms with Crippen molar-refractivity contribution in [3.8, 4) is 0 Å². The summed E-state index contributed by atoms with van der Waals surface area (Å²) in [7, 11) is 0. The van der Waals surface area contributed by atoms with Crippen LogP contribution in [-0.4, -0.2) is 19.3 Å². The van der Waals surface area contributed by atoms with E-state index in [0.29, 0.717) is 12.0 Å². The molecule has 18 heavy (non-hydrogen) atoms. The predicted molar refractivity (Wildman–Crippen MR) is 78.0 cm³/mol. The van der Waals surface area contributed by atoms with Crippen molar-refractivity contribution in [2.45, 2.75) is 52.7 Å². The van der Waals surface area contributed by atoms with Crippen molar-refractivity contribution >= 4 is 0 Å². The maximum Gasteiger partial charge on any atom is 0.0664 e. The van der Waals surface area contributed by atoms with Crippen molar-refractivity contribution in [1.29, 1.82) is 0 Å². The summed E-state index contributed by atoms with van der Waals surface area (Å²) < 4.78 is 5.73. The smallest absolute Gasteiger partial charge is 0.0664 e. The first-order valence-corrected chi connectivity index (χ1v) is 6.99. The van der Waals surface area contributed by atoms with E-state index in [4.69, 9.17) is 4.74 Å². The molecule has 0 radical (unpaired) electrons. The highest BCUT2D eigenvalue weighted by atomic mass is 16.5. The van der Waals surface area contributed by atoms with E-state index in [0.717, 1.165) is 13.2 Å². The van der Waals surface area contributed by atoms with Crippen molar-refractivity contribution in [2.24, 2.45) is 0 Å². The first-order valence-electron chi connectivity index (χ1n) is 6.99. The van der Waals surface area contributed by atoms with Gasteiger partial charge in [-0.2, -0.15) is 0 Å². The SMILES string of the molecule is CCNC(COC(C)C)c1ccc(C(C)C)cc1. The third kappa shape index (κ3) is 4.79. The Hall–Kier alpha value is -0.860. The Morgan fingerprint density at radius 3 is 2.00 bits per heavy atom. The van der Waals surface area contributed by atoms with Gasteiger partial charge in [0.1, 0.15) is 0 Å². The van der Waals surface area contributed by atoms with Gasteiger partial charge in [-0.1, -0.05) is 45.0 Å². The highest BCUT2D eigenvalue weighted by Gasteiger charge is 2.11. The fourth-order valence-electron chi connectivity index (χ4n) is 1.92. The van der Waals surface area contributed by atoms with Crippen LogP contribution in [0.4, 0.5) is 0 Å². The molecule has 0 amide bonds. The number of nitrogens with one attached hydrogen (secondary N) is 1. The van der Waals surface area contributed by atoms with Crippen LogP contribution < -0.4 is 5.32 Å². The van der Waals surface area contributed by atoms with Crippen LogP contribution in [0.1, 0.15) is 57.7 Å². The fourth-order valence-corrected chi connectivity index (χ4v) is 1.92. The molecule has 2 nitrogen and oxygen atoms in total.